The second-order valence-corrected chi connectivity index (χ2v) is 5.47. The quantitative estimate of drug-likeness (QED) is 0.691. The summed E-state index contributed by atoms with van der Waals surface area (Å²) in [4.78, 5) is 2.42. The van der Waals surface area contributed by atoms with Crippen molar-refractivity contribution in [2.75, 3.05) is 45.6 Å². The molecule has 1 aromatic rings. The van der Waals surface area contributed by atoms with Crippen molar-refractivity contribution in [2.45, 2.75) is 24.7 Å². The molecule has 1 aromatic heterocycles. The lowest BCUT2D eigenvalue weighted by Crippen LogP contribution is -2.43. The van der Waals surface area contributed by atoms with Crippen LogP contribution in [0, 0.1) is 0 Å². The Labute approximate surface area is 118 Å². The van der Waals surface area contributed by atoms with Crippen LogP contribution in [0.25, 0.3) is 0 Å². The van der Waals surface area contributed by atoms with Crippen molar-refractivity contribution in [3.63, 3.8) is 0 Å². The molecule has 0 aromatic carbocycles. The van der Waals surface area contributed by atoms with E-state index in [1.54, 1.807) is 11.8 Å². The van der Waals surface area contributed by atoms with Crippen LogP contribution < -0.4 is 5.32 Å². The zero-order valence-electron chi connectivity index (χ0n) is 11.6. The van der Waals surface area contributed by atoms with Gasteiger partial charge in [-0.05, 0) is 24.0 Å². The van der Waals surface area contributed by atoms with Crippen molar-refractivity contribution in [3.05, 3.63) is 0 Å². The molecule has 0 spiro atoms. The zero-order valence-corrected chi connectivity index (χ0v) is 12.4. The predicted molar refractivity (Wildman–Crippen MR) is 74.3 cm³/mol. The third-order valence-corrected chi connectivity index (χ3v) is 4.23. The topological polar surface area (TPSA) is 68.1 Å². The number of nitrogens with one attached hydrogen (secondary N) is 1. The molecule has 0 bridgehead atoms. The Balaban J connectivity index is 1.79. The number of morpholine rings is 1. The number of hydrogen-bond donors (Lipinski definition) is 1. The first-order valence-corrected chi connectivity index (χ1v) is 7.69. The van der Waals surface area contributed by atoms with Gasteiger partial charge < -0.3 is 10.1 Å². The van der Waals surface area contributed by atoms with Crippen molar-refractivity contribution in [1.82, 2.24) is 30.4 Å². The van der Waals surface area contributed by atoms with Crippen LogP contribution in [-0.2, 0) is 11.3 Å². The number of thioether (sulfide) groups is 1. The largest absolute Gasteiger partial charge is 0.375 e. The zero-order chi connectivity index (χ0) is 13.5. The van der Waals surface area contributed by atoms with Crippen LogP contribution in [-0.4, -0.2) is 76.8 Å². The number of rotatable bonds is 7. The average Bonchev–Trinajstić information content (AvgIpc) is 2.90. The molecule has 7 nitrogen and oxygen atoms in total. The SMILES string of the molecule is CCN1CCOC(CSc2nnnn2CCNC)C1. The first-order valence-electron chi connectivity index (χ1n) is 6.71. The standard InChI is InChI=1S/C11H22N6OS/c1-3-16-6-7-18-10(8-16)9-19-11-13-14-15-17(11)5-4-12-2/h10,12H,3-9H2,1-2H3. The van der Waals surface area contributed by atoms with E-state index in [0.717, 1.165) is 50.2 Å². The van der Waals surface area contributed by atoms with Gasteiger partial charge in [0.15, 0.2) is 0 Å². The van der Waals surface area contributed by atoms with Crippen LogP contribution in [0.1, 0.15) is 6.92 Å². The summed E-state index contributed by atoms with van der Waals surface area (Å²) in [5, 5.41) is 15.7. The molecule has 1 saturated heterocycles. The second kappa shape index (κ2) is 7.78. The van der Waals surface area contributed by atoms with Crippen LogP contribution in [0.2, 0.25) is 0 Å². The first-order chi connectivity index (χ1) is 9.33. The molecule has 1 N–H and O–H groups in total. The molecular weight excluding hydrogens is 264 g/mol. The summed E-state index contributed by atoms with van der Waals surface area (Å²) in [6, 6.07) is 0. The van der Waals surface area contributed by atoms with Crippen LogP contribution in [0.5, 0.6) is 0 Å². The van der Waals surface area contributed by atoms with Gasteiger partial charge >= 0.3 is 0 Å². The second-order valence-electron chi connectivity index (χ2n) is 4.49. The predicted octanol–water partition coefficient (Wildman–Crippen LogP) is -0.295. The van der Waals surface area contributed by atoms with E-state index in [4.69, 9.17) is 4.74 Å². The molecule has 2 heterocycles. The maximum Gasteiger partial charge on any atom is 0.209 e. The maximum atomic E-state index is 5.78. The summed E-state index contributed by atoms with van der Waals surface area (Å²) in [6.07, 6.45) is 0.271. The molecule has 1 aliphatic heterocycles. The van der Waals surface area contributed by atoms with Gasteiger partial charge in [0.05, 0.1) is 19.3 Å². The average molecular weight is 286 g/mol. The van der Waals surface area contributed by atoms with Gasteiger partial charge in [-0.15, -0.1) is 5.10 Å². The fraction of sp³-hybridized carbons (Fsp3) is 0.909. The summed E-state index contributed by atoms with van der Waals surface area (Å²) in [6.45, 7) is 7.79. The summed E-state index contributed by atoms with van der Waals surface area (Å²) >= 11 is 1.67. The maximum absolute atomic E-state index is 5.78. The Morgan fingerprint density at radius 2 is 2.42 bits per heavy atom. The van der Waals surface area contributed by atoms with Crippen molar-refractivity contribution < 1.29 is 4.74 Å². The fourth-order valence-corrected chi connectivity index (χ4v) is 2.90. The first kappa shape index (κ1) is 14.7. The molecule has 0 radical (unpaired) electrons. The van der Waals surface area contributed by atoms with Crippen LogP contribution in [0.15, 0.2) is 5.16 Å². The number of ether oxygens (including phenoxy) is 1. The molecule has 0 aliphatic carbocycles. The fourth-order valence-electron chi connectivity index (χ4n) is 1.99. The van der Waals surface area contributed by atoms with Gasteiger partial charge in [-0.3, -0.25) is 4.90 Å². The van der Waals surface area contributed by atoms with Gasteiger partial charge in [-0.2, -0.15) is 0 Å². The van der Waals surface area contributed by atoms with Crippen molar-refractivity contribution in [2.24, 2.45) is 0 Å². The third kappa shape index (κ3) is 4.41. The van der Waals surface area contributed by atoms with E-state index in [2.05, 4.69) is 32.7 Å². The minimum Gasteiger partial charge on any atom is -0.375 e. The molecule has 108 valence electrons. The molecule has 1 aliphatic rings. The Kier molecular flexibility index (Phi) is 6.02. The Hall–Kier alpha value is -0.700. The van der Waals surface area contributed by atoms with E-state index in [9.17, 15) is 0 Å². The van der Waals surface area contributed by atoms with Crippen LogP contribution in [0.3, 0.4) is 0 Å². The minimum atomic E-state index is 0.271. The molecule has 2 rings (SSSR count). The van der Waals surface area contributed by atoms with Crippen LogP contribution >= 0.6 is 11.8 Å². The van der Waals surface area contributed by atoms with E-state index in [1.807, 2.05) is 11.7 Å². The molecule has 1 fully saturated rings. The lowest BCUT2D eigenvalue weighted by Gasteiger charge is -2.31. The minimum absolute atomic E-state index is 0.271. The third-order valence-electron chi connectivity index (χ3n) is 3.14. The summed E-state index contributed by atoms with van der Waals surface area (Å²) in [7, 11) is 1.92. The molecule has 19 heavy (non-hydrogen) atoms. The molecule has 8 heteroatoms. The number of nitrogens with zero attached hydrogens (tertiary/aromatic N) is 5. The highest BCUT2D eigenvalue weighted by Crippen LogP contribution is 2.18. The van der Waals surface area contributed by atoms with E-state index in [1.165, 1.54) is 0 Å². The van der Waals surface area contributed by atoms with E-state index < -0.39 is 0 Å². The Morgan fingerprint density at radius 3 is 3.21 bits per heavy atom. The smallest absolute Gasteiger partial charge is 0.209 e. The van der Waals surface area contributed by atoms with Crippen molar-refractivity contribution in [1.29, 1.82) is 0 Å². The van der Waals surface area contributed by atoms with Gasteiger partial charge in [-0.1, -0.05) is 18.7 Å². The van der Waals surface area contributed by atoms with Gasteiger partial charge in [-0.25, -0.2) is 4.68 Å². The summed E-state index contributed by atoms with van der Waals surface area (Å²) in [5.41, 5.74) is 0. The normalized spacial score (nSPS) is 20.8. The number of hydrogen-bond acceptors (Lipinski definition) is 7. The van der Waals surface area contributed by atoms with Gasteiger partial charge in [0.25, 0.3) is 0 Å². The van der Waals surface area contributed by atoms with E-state index in [-0.39, 0.29) is 6.10 Å². The van der Waals surface area contributed by atoms with Gasteiger partial charge in [0.2, 0.25) is 5.16 Å². The lowest BCUT2D eigenvalue weighted by atomic mass is 10.3. The number of tetrazole rings is 1. The van der Waals surface area contributed by atoms with E-state index in [0.29, 0.717) is 0 Å². The molecule has 0 saturated carbocycles. The van der Waals surface area contributed by atoms with Crippen molar-refractivity contribution >= 4 is 11.8 Å². The summed E-state index contributed by atoms with van der Waals surface area (Å²) in [5.74, 6) is 0.899. The highest BCUT2D eigenvalue weighted by molar-refractivity contribution is 7.99. The Morgan fingerprint density at radius 1 is 1.53 bits per heavy atom. The van der Waals surface area contributed by atoms with Crippen molar-refractivity contribution in [3.8, 4) is 0 Å². The molecule has 1 unspecified atom stereocenters. The van der Waals surface area contributed by atoms with E-state index >= 15 is 0 Å². The lowest BCUT2D eigenvalue weighted by molar-refractivity contribution is -0.0137. The number of aromatic nitrogens is 4. The monoisotopic (exact) mass is 286 g/mol. The highest BCUT2D eigenvalue weighted by atomic mass is 32.2. The number of likely N-dealkylation sites (N-methyl/N-ethyl adjacent to an activating group) is 2. The molecule has 0 amide bonds. The highest BCUT2D eigenvalue weighted by Gasteiger charge is 2.20. The Bertz CT molecular complexity index is 374. The molecule has 1 atom stereocenters. The van der Waals surface area contributed by atoms with Gasteiger partial charge in [0, 0.05) is 25.4 Å². The summed E-state index contributed by atoms with van der Waals surface area (Å²) < 4.78 is 7.61. The van der Waals surface area contributed by atoms with Gasteiger partial charge in [0.1, 0.15) is 0 Å². The molecular formula is C11H22N6OS. The van der Waals surface area contributed by atoms with Crippen LogP contribution in [0.4, 0.5) is 0 Å².